The van der Waals surface area contributed by atoms with E-state index in [4.69, 9.17) is 4.42 Å². The van der Waals surface area contributed by atoms with Gasteiger partial charge in [0.25, 0.3) is 11.8 Å². The van der Waals surface area contributed by atoms with Gasteiger partial charge in [0.2, 0.25) is 0 Å². The molecule has 1 aliphatic carbocycles. The number of carbonyl (C=O) groups is 4. The van der Waals surface area contributed by atoms with Crippen molar-refractivity contribution in [1.29, 1.82) is 0 Å². The Morgan fingerprint density at radius 3 is 2.58 bits per heavy atom. The van der Waals surface area contributed by atoms with Gasteiger partial charge in [-0.05, 0) is 64.5 Å². The molecular weight excluding hydrogens is 460 g/mol. The van der Waals surface area contributed by atoms with Crippen molar-refractivity contribution in [3.63, 3.8) is 0 Å². The second-order valence-electron chi connectivity index (χ2n) is 11.0. The monoisotopic (exact) mass is 498 g/mol. The zero-order valence-corrected chi connectivity index (χ0v) is 21.5. The van der Waals surface area contributed by atoms with Crippen LogP contribution in [0.3, 0.4) is 0 Å². The number of rotatable bonds is 7. The molecule has 9 nitrogen and oxygen atoms in total. The van der Waals surface area contributed by atoms with Gasteiger partial charge in [0, 0.05) is 38.5 Å². The van der Waals surface area contributed by atoms with Crippen LogP contribution in [-0.4, -0.2) is 83.1 Å². The van der Waals surface area contributed by atoms with E-state index in [1.165, 1.54) is 11.2 Å². The predicted molar refractivity (Wildman–Crippen MR) is 133 cm³/mol. The molecule has 0 aromatic carbocycles. The lowest BCUT2D eigenvalue weighted by Gasteiger charge is -2.41. The van der Waals surface area contributed by atoms with Crippen LogP contribution in [0.25, 0.3) is 0 Å². The first-order valence-corrected chi connectivity index (χ1v) is 13.6. The number of piperidine rings is 1. The van der Waals surface area contributed by atoms with Gasteiger partial charge in [-0.25, -0.2) is 4.79 Å². The Morgan fingerprint density at radius 1 is 1.11 bits per heavy atom. The van der Waals surface area contributed by atoms with E-state index in [1.807, 2.05) is 6.92 Å². The largest absolute Gasteiger partial charge is 0.468 e. The number of nitrogens with zero attached hydrogens (tertiary/aromatic N) is 3. The van der Waals surface area contributed by atoms with Gasteiger partial charge in [0.1, 0.15) is 17.6 Å². The number of amides is 4. The molecule has 0 saturated carbocycles. The highest BCUT2D eigenvalue weighted by atomic mass is 16.3. The highest BCUT2D eigenvalue weighted by molar-refractivity contribution is 6.09. The fourth-order valence-corrected chi connectivity index (χ4v) is 6.84. The number of likely N-dealkylation sites (tertiary alicyclic amines) is 2. The molecule has 0 radical (unpaired) electrons. The predicted octanol–water partition coefficient (Wildman–Crippen LogP) is 3.23. The number of imide groups is 1. The fourth-order valence-electron chi connectivity index (χ4n) is 6.84. The summed E-state index contributed by atoms with van der Waals surface area (Å²) >= 11 is 0. The molecule has 3 fully saturated rings. The van der Waals surface area contributed by atoms with Crippen LogP contribution in [0.1, 0.15) is 91.2 Å². The molecule has 3 saturated heterocycles. The molecule has 4 aliphatic rings. The molecule has 1 aromatic heterocycles. The number of hydrogen-bond acceptors (Lipinski definition) is 6. The van der Waals surface area contributed by atoms with Gasteiger partial charge < -0.3 is 19.5 Å². The number of furan rings is 1. The SMILES string of the molecule is CCC[C@@]1(C2CCN(C(=O)c3coc4c3C(=O)CCC4)CC2)NC(=O)N(CC[C@H]2CCCN2C)C1=O. The molecule has 1 N–H and O–H groups in total. The molecule has 9 heteroatoms. The third kappa shape index (κ3) is 4.25. The maximum Gasteiger partial charge on any atom is 0.325 e. The number of aryl methyl sites for hydroxylation is 1. The summed E-state index contributed by atoms with van der Waals surface area (Å²) in [4.78, 5) is 57.9. The molecule has 4 heterocycles. The fraction of sp³-hybridized carbons (Fsp3) is 0.704. The number of carbonyl (C=O) groups excluding carboxylic acids is 4. The van der Waals surface area contributed by atoms with E-state index in [-0.39, 0.29) is 29.5 Å². The van der Waals surface area contributed by atoms with Crippen molar-refractivity contribution in [3.8, 4) is 0 Å². The average molecular weight is 499 g/mol. The summed E-state index contributed by atoms with van der Waals surface area (Å²) < 4.78 is 5.55. The third-order valence-corrected chi connectivity index (χ3v) is 8.87. The highest BCUT2D eigenvalue weighted by Gasteiger charge is 2.55. The molecule has 36 heavy (non-hydrogen) atoms. The average Bonchev–Trinajstić information content (AvgIpc) is 3.55. The Kier molecular flexibility index (Phi) is 6.94. The first-order chi connectivity index (χ1) is 17.4. The van der Waals surface area contributed by atoms with Crippen LogP contribution in [0, 0.1) is 5.92 Å². The third-order valence-electron chi connectivity index (χ3n) is 8.87. The lowest BCUT2D eigenvalue weighted by Crippen LogP contribution is -2.56. The summed E-state index contributed by atoms with van der Waals surface area (Å²) in [6, 6.07) is 0.137. The first-order valence-electron chi connectivity index (χ1n) is 13.6. The van der Waals surface area contributed by atoms with E-state index < -0.39 is 5.54 Å². The van der Waals surface area contributed by atoms with Gasteiger partial charge in [0.15, 0.2) is 5.78 Å². The molecule has 0 spiro atoms. The van der Waals surface area contributed by atoms with Gasteiger partial charge in [-0.2, -0.15) is 0 Å². The van der Waals surface area contributed by atoms with Crippen molar-refractivity contribution in [2.75, 3.05) is 33.2 Å². The molecular formula is C27H38N4O5. The Morgan fingerprint density at radius 2 is 1.89 bits per heavy atom. The highest BCUT2D eigenvalue weighted by Crippen LogP contribution is 2.38. The summed E-state index contributed by atoms with van der Waals surface area (Å²) in [5, 5.41) is 3.10. The van der Waals surface area contributed by atoms with Gasteiger partial charge in [0.05, 0.1) is 11.1 Å². The van der Waals surface area contributed by atoms with Crippen molar-refractivity contribution >= 4 is 23.6 Å². The van der Waals surface area contributed by atoms with Crippen molar-refractivity contribution < 1.29 is 23.6 Å². The number of ketones is 1. The second-order valence-corrected chi connectivity index (χ2v) is 11.0. The summed E-state index contributed by atoms with van der Waals surface area (Å²) in [6.45, 7) is 4.52. The van der Waals surface area contributed by atoms with E-state index in [2.05, 4.69) is 17.3 Å². The van der Waals surface area contributed by atoms with Crippen molar-refractivity contribution in [2.45, 2.75) is 82.7 Å². The number of Topliss-reactive ketones (excluding diaryl/α,β-unsaturated/α-hetero) is 1. The van der Waals surface area contributed by atoms with Crippen molar-refractivity contribution in [3.05, 3.63) is 23.2 Å². The topological polar surface area (TPSA) is 103 Å². The molecule has 3 aliphatic heterocycles. The van der Waals surface area contributed by atoms with Crippen LogP contribution in [0.4, 0.5) is 4.79 Å². The first kappa shape index (κ1) is 25.0. The minimum absolute atomic E-state index is 0.0201. The van der Waals surface area contributed by atoms with E-state index in [1.54, 1.807) is 4.90 Å². The van der Waals surface area contributed by atoms with E-state index in [0.717, 1.165) is 38.6 Å². The molecule has 1 aromatic rings. The van der Waals surface area contributed by atoms with E-state index in [9.17, 15) is 19.2 Å². The Balaban J connectivity index is 1.26. The van der Waals surface area contributed by atoms with Crippen LogP contribution < -0.4 is 5.32 Å². The minimum atomic E-state index is -0.896. The van der Waals surface area contributed by atoms with Crippen LogP contribution in [0.5, 0.6) is 0 Å². The lowest BCUT2D eigenvalue weighted by molar-refractivity contribution is -0.134. The Bertz CT molecular complexity index is 1040. The van der Waals surface area contributed by atoms with Crippen LogP contribution >= 0.6 is 0 Å². The lowest BCUT2D eigenvalue weighted by atomic mass is 9.74. The maximum absolute atomic E-state index is 13.7. The zero-order chi connectivity index (χ0) is 25.4. The van der Waals surface area contributed by atoms with Crippen LogP contribution in [-0.2, 0) is 11.2 Å². The standard InChI is InChI=1S/C27H38N4O5/c1-3-12-27(25(34)31(26(35)28-27)16-11-19-6-5-13-29(19)2)18-9-14-30(15-10-18)24(33)20-17-36-22-8-4-7-21(32)23(20)22/h17-19H,3-16H2,1-2H3,(H,28,35)/t19-,27+/m1/s1. The van der Waals surface area contributed by atoms with Gasteiger partial charge >= 0.3 is 6.03 Å². The molecule has 0 bridgehead atoms. The minimum Gasteiger partial charge on any atom is -0.468 e. The normalized spacial score (nSPS) is 27.6. The number of fused-ring (bicyclic) bond motifs is 1. The summed E-state index contributed by atoms with van der Waals surface area (Å²) in [7, 11) is 2.11. The van der Waals surface area contributed by atoms with E-state index >= 15 is 0 Å². The zero-order valence-electron chi connectivity index (χ0n) is 21.5. The second kappa shape index (κ2) is 10.00. The van der Waals surface area contributed by atoms with E-state index in [0.29, 0.717) is 74.7 Å². The van der Waals surface area contributed by atoms with Gasteiger partial charge in [-0.15, -0.1) is 0 Å². The maximum atomic E-state index is 13.7. The summed E-state index contributed by atoms with van der Waals surface area (Å²) in [6.07, 6.45) is 9.04. The smallest absolute Gasteiger partial charge is 0.325 e. The Hall–Kier alpha value is -2.68. The Labute approximate surface area is 212 Å². The summed E-state index contributed by atoms with van der Waals surface area (Å²) in [5.41, 5.74) is -0.0739. The quantitative estimate of drug-likeness (QED) is 0.579. The number of hydrogen-bond donors (Lipinski definition) is 1. The molecule has 0 unspecified atom stereocenters. The molecule has 5 rings (SSSR count). The van der Waals surface area contributed by atoms with Crippen LogP contribution in [0.15, 0.2) is 10.7 Å². The molecule has 196 valence electrons. The van der Waals surface area contributed by atoms with Gasteiger partial charge in [-0.1, -0.05) is 13.3 Å². The summed E-state index contributed by atoms with van der Waals surface area (Å²) in [5.74, 6) is 0.288. The number of nitrogens with one attached hydrogen (secondary N) is 1. The number of urea groups is 1. The molecule has 2 atom stereocenters. The van der Waals surface area contributed by atoms with Crippen molar-refractivity contribution in [1.82, 2.24) is 20.0 Å². The van der Waals surface area contributed by atoms with Crippen molar-refractivity contribution in [2.24, 2.45) is 5.92 Å². The van der Waals surface area contributed by atoms with Crippen LogP contribution in [0.2, 0.25) is 0 Å². The van der Waals surface area contributed by atoms with Gasteiger partial charge in [-0.3, -0.25) is 19.3 Å². The molecule has 4 amide bonds.